The first-order valence-electron chi connectivity index (χ1n) is 7.04. The molecule has 0 spiro atoms. The Kier molecular flexibility index (Phi) is 5.88. The molecule has 3 rings (SSSR count). The normalized spacial score (nSPS) is 21.7. The molecule has 1 fully saturated rings. The zero-order chi connectivity index (χ0) is 13.0. The highest BCUT2D eigenvalue weighted by molar-refractivity contribution is 5.62. The molecular formula is C18H27N. The van der Waals surface area contributed by atoms with Gasteiger partial charge in [0, 0.05) is 18.3 Å². The van der Waals surface area contributed by atoms with Crippen molar-refractivity contribution >= 4 is 5.69 Å². The van der Waals surface area contributed by atoms with Gasteiger partial charge in [-0.3, -0.25) is 0 Å². The van der Waals surface area contributed by atoms with Crippen LogP contribution in [0.4, 0.5) is 5.69 Å². The summed E-state index contributed by atoms with van der Waals surface area (Å²) in [4.78, 5) is 2.56. The molecule has 0 aromatic heterocycles. The Bertz CT molecular complexity index is 457. The van der Waals surface area contributed by atoms with Crippen molar-refractivity contribution in [2.24, 2.45) is 0 Å². The summed E-state index contributed by atoms with van der Waals surface area (Å²) in [5.41, 5.74) is 4.55. The Hall–Kier alpha value is -1.50. The summed E-state index contributed by atoms with van der Waals surface area (Å²) in [6, 6.07) is 9.54. The summed E-state index contributed by atoms with van der Waals surface area (Å²) < 4.78 is 0. The summed E-state index contributed by atoms with van der Waals surface area (Å²) in [5.74, 6) is 0. The van der Waals surface area contributed by atoms with Gasteiger partial charge in [0.2, 0.25) is 0 Å². The van der Waals surface area contributed by atoms with E-state index in [1.807, 2.05) is 13.8 Å². The topological polar surface area (TPSA) is 3.24 Å². The number of fused-ring (bicyclic) bond motifs is 3. The molecule has 1 nitrogen and oxygen atoms in total. The molecule has 2 aliphatic heterocycles. The molecule has 1 atom stereocenters. The molecule has 19 heavy (non-hydrogen) atoms. The van der Waals surface area contributed by atoms with E-state index in [0.717, 1.165) is 6.54 Å². The largest absolute Gasteiger partial charge is 0.364 e. The van der Waals surface area contributed by atoms with Gasteiger partial charge in [-0.25, -0.2) is 0 Å². The summed E-state index contributed by atoms with van der Waals surface area (Å²) >= 11 is 0. The van der Waals surface area contributed by atoms with Gasteiger partial charge < -0.3 is 4.90 Å². The molecule has 104 valence electrons. The lowest BCUT2D eigenvalue weighted by Crippen LogP contribution is -2.24. The van der Waals surface area contributed by atoms with Crippen LogP contribution in [0.2, 0.25) is 0 Å². The fourth-order valence-electron chi connectivity index (χ4n) is 2.86. The highest BCUT2D eigenvalue weighted by Crippen LogP contribution is 2.39. The van der Waals surface area contributed by atoms with Crippen LogP contribution in [-0.4, -0.2) is 12.6 Å². The van der Waals surface area contributed by atoms with Gasteiger partial charge >= 0.3 is 0 Å². The Morgan fingerprint density at radius 1 is 1.16 bits per heavy atom. The molecule has 0 amide bonds. The summed E-state index contributed by atoms with van der Waals surface area (Å²) in [5, 5.41) is 0. The number of para-hydroxylation sites is 1. The SMILES string of the molecule is C.C/C=C\C=C1\CC2Cc3ccccc3N2C1.CC. The fraction of sp³-hybridized carbons (Fsp3) is 0.444. The van der Waals surface area contributed by atoms with E-state index >= 15 is 0 Å². The van der Waals surface area contributed by atoms with Crippen molar-refractivity contribution in [2.45, 2.75) is 47.1 Å². The molecule has 1 aromatic carbocycles. The summed E-state index contributed by atoms with van der Waals surface area (Å²) in [6.45, 7) is 7.19. The van der Waals surface area contributed by atoms with Gasteiger partial charge in [0.05, 0.1) is 0 Å². The third kappa shape index (κ3) is 3.09. The quantitative estimate of drug-likeness (QED) is 0.685. The van der Waals surface area contributed by atoms with Crippen LogP contribution in [0.15, 0.2) is 48.1 Å². The summed E-state index contributed by atoms with van der Waals surface area (Å²) in [7, 11) is 0. The van der Waals surface area contributed by atoms with E-state index in [1.54, 1.807) is 5.57 Å². The molecule has 1 unspecified atom stereocenters. The third-order valence-corrected chi connectivity index (χ3v) is 3.59. The van der Waals surface area contributed by atoms with Crippen molar-refractivity contribution < 1.29 is 0 Å². The first kappa shape index (κ1) is 15.6. The van der Waals surface area contributed by atoms with Gasteiger partial charge in [0.15, 0.2) is 0 Å². The molecule has 0 radical (unpaired) electrons. The number of anilines is 1. The second-order valence-corrected chi connectivity index (χ2v) is 4.67. The predicted molar refractivity (Wildman–Crippen MR) is 86.9 cm³/mol. The van der Waals surface area contributed by atoms with Crippen LogP contribution < -0.4 is 4.90 Å². The lowest BCUT2D eigenvalue weighted by atomic mass is 10.0. The standard InChI is InChI=1S/C15H17N.C2H6.CH4/c1-2-3-6-12-9-14-10-13-7-4-5-8-15(13)16(14)11-12;1-2;/h2-8,14H,9-11H2,1H3;1-2H3;1H4/b3-2-,12-6-;;. The van der Waals surface area contributed by atoms with Gasteiger partial charge in [-0.1, -0.05) is 57.7 Å². The fourth-order valence-corrected chi connectivity index (χ4v) is 2.86. The van der Waals surface area contributed by atoms with E-state index in [9.17, 15) is 0 Å². The molecule has 1 aromatic rings. The first-order valence-corrected chi connectivity index (χ1v) is 7.04. The van der Waals surface area contributed by atoms with Crippen molar-refractivity contribution in [1.82, 2.24) is 0 Å². The minimum atomic E-state index is 0. The van der Waals surface area contributed by atoms with Crippen LogP contribution in [-0.2, 0) is 6.42 Å². The molecule has 2 heterocycles. The van der Waals surface area contributed by atoms with E-state index in [4.69, 9.17) is 0 Å². The predicted octanol–water partition coefficient (Wildman–Crippen LogP) is 4.99. The summed E-state index contributed by atoms with van der Waals surface area (Å²) in [6.07, 6.45) is 9.00. The zero-order valence-corrected chi connectivity index (χ0v) is 11.7. The average Bonchev–Trinajstić information content (AvgIpc) is 2.95. The van der Waals surface area contributed by atoms with Crippen LogP contribution in [0, 0.1) is 0 Å². The smallest absolute Gasteiger partial charge is 0.0405 e. The Morgan fingerprint density at radius 2 is 1.89 bits per heavy atom. The maximum absolute atomic E-state index is 2.56. The van der Waals surface area contributed by atoms with Crippen LogP contribution in [0.5, 0.6) is 0 Å². The van der Waals surface area contributed by atoms with E-state index in [1.165, 1.54) is 24.1 Å². The third-order valence-electron chi connectivity index (χ3n) is 3.59. The number of hydrogen-bond donors (Lipinski definition) is 0. The highest BCUT2D eigenvalue weighted by Gasteiger charge is 2.34. The van der Waals surface area contributed by atoms with Crippen LogP contribution >= 0.6 is 0 Å². The van der Waals surface area contributed by atoms with Crippen LogP contribution in [0.1, 0.15) is 40.2 Å². The van der Waals surface area contributed by atoms with Gasteiger partial charge in [-0.05, 0) is 37.0 Å². The average molecular weight is 257 g/mol. The molecule has 1 saturated heterocycles. The zero-order valence-electron chi connectivity index (χ0n) is 11.7. The van der Waals surface area contributed by atoms with E-state index in [0.29, 0.717) is 6.04 Å². The van der Waals surface area contributed by atoms with Crippen LogP contribution in [0.3, 0.4) is 0 Å². The maximum atomic E-state index is 2.56. The van der Waals surface area contributed by atoms with E-state index in [2.05, 4.69) is 54.3 Å². The number of benzene rings is 1. The van der Waals surface area contributed by atoms with E-state index in [-0.39, 0.29) is 7.43 Å². The molecule has 1 heteroatoms. The van der Waals surface area contributed by atoms with Crippen LogP contribution in [0.25, 0.3) is 0 Å². The highest BCUT2D eigenvalue weighted by atomic mass is 15.2. The van der Waals surface area contributed by atoms with Crippen molar-refractivity contribution in [3.63, 3.8) is 0 Å². The minimum Gasteiger partial charge on any atom is -0.364 e. The number of rotatable bonds is 1. The number of hydrogen-bond acceptors (Lipinski definition) is 1. The molecule has 0 N–H and O–H groups in total. The van der Waals surface area contributed by atoms with Crippen molar-refractivity contribution in [2.75, 3.05) is 11.4 Å². The lowest BCUT2D eigenvalue weighted by molar-refractivity contribution is 0.720. The van der Waals surface area contributed by atoms with Gasteiger partial charge in [-0.2, -0.15) is 0 Å². The molecule has 0 aliphatic carbocycles. The molecule has 0 saturated carbocycles. The van der Waals surface area contributed by atoms with Gasteiger partial charge in [0.25, 0.3) is 0 Å². The van der Waals surface area contributed by atoms with Gasteiger partial charge in [0.1, 0.15) is 0 Å². The monoisotopic (exact) mass is 257 g/mol. The Balaban J connectivity index is 0.000000576. The number of nitrogens with zero attached hydrogens (tertiary/aromatic N) is 1. The second kappa shape index (κ2) is 7.18. The maximum Gasteiger partial charge on any atom is 0.0405 e. The van der Waals surface area contributed by atoms with Gasteiger partial charge in [-0.15, -0.1) is 0 Å². The first-order chi connectivity index (χ1) is 8.88. The molecular weight excluding hydrogens is 230 g/mol. The van der Waals surface area contributed by atoms with Crippen molar-refractivity contribution in [1.29, 1.82) is 0 Å². The number of allylic oxidation sites excluding steroid dienone is 3. The minimum absolute atomic E-state index is 0. The molecule has 0 bridgehead atoms. The van der Waals surface area contributed by atoms with E-state index < -0.39 is 0 Å². The Morgan fingerprint density at radius 3 is 2.63 bits per heavy atom. The lowest BCUT2D eigenvalue weighted by Gasteiger charge is -2.17. The van der Waals surface area contributed by atoms with Crippen molar-refractivity contribution in [3.8, 4) is 0 Å². The second-order valence-electron chi connectivity index (χ2n) is 4.67. The molecule has 2 aliphatic rings. The Labute approximate surface area is 118 Å². The van der Waals surface area contributed by atoms with Crippen molar-refractivity contribution in [3.05, 3.63) is 53.6 Å².